The van der Waals surface area contributed by atoms with Gasteiger partial charge < -0.3 is 19.5 Å². The van der Waals surface area contributed by atoms with Crippen LogP contribution in [0.1, 0.15) is 20.8 Å². The van der Waals surface area contributed by atoms with Gasteiger partial charge in [0.15, 0.2) is 11.7 Å². The van der Waals surface area contributed by atoms with Gasteiger partial charge in [0.05, 0.1) is 7.11 Å². The standard InChI is InChI=1S/C20H22FNO5/c1-13(18(23)22-15-7-11-16(25-4)12-8-15)26-19(24)20(2,3)27-17-9-5-14(21)6-10-17/h5-13H,1-4H3,(H,22,23)/t13-/m1/s1. The fourth-order valence-electron chi connectivity index (χ4n) is 2.11. The smallest absolute Gasteiger partial charge is 0.350 e. The summed E-state index contributed by atoms with van der Waals surface area (Å²) in [5.41, 5.74) is -0.808. The molecule has 0 aliphatic heterocycles. The van der Waals surface area contributed by atoms with Crippen molar-refractivity contribution in [2.24, 2.45) is 0 Å². The van der Waals surface area contributed by atoms with Gasteiger partial charge in [-0.25, -0.2) is 9.18 Å². The Morgan fingerprint density at radius 2 is 1.56 bits per heavy atom. The number of carbonyl (C=O) groups excluding carboxylic acids is 2. The summed E-state index contributed by atoms with van der Waals surface area (Å²) in [6, 6.07) is 12.0. The highest BCUT2D eigenvalue weighted by atomic mass is 19.1. The lowest BCUT2D eigenvalue weighted by atomic mass is 10.1. The van der Waals surface area contributed by atoms with Crippen molar-refractivity contribution in [2.45, 2.75) is 32.5 Å². The van der Waals surface area contributed by atoms with Crippen LogP contribution in [0.4, 0.5) is 10.1 Å². The number of anilines is 1. The van der Waals surface area contributed by atoms with Crippen LogP contribution in [0.25, 0.3) is 0 Å². The van der Waals surface area contributed by atoms with E-state index in [-0.39, 0.29) is 0 Å². The number of hydrogen-bond donors (Lipinski definition) is 1. The van der Waals surface area contributed by atoms with Crippen molar-refractivity contribution in [3.63, 3.8) is 0 Å². The fraction of sp³-hybridized carbons (Fsp3) is 0.300. The molecule has 7 heteroatoms. The predicted octanol–water partition coefficient (Wildman–Crippen LogP) is 3.56. The second-order valence-electron chi connectivity index (χ2n) is 6.33. The molecule has 0 heterocycles. The molecule has 6 nitrogen and oxygen atoms in total. The summed E-state index contributed by atoms with van der Waals surface area (Å²) < 4.78 is 28.8. The molecule has 2 aromatic rings. The van der Waals surface area contributed by atoms with E-state index in [1.54, 1.807) is 31.4 Å². The van der Waals surface area contributed by atoms with Gasteiger partial charge in [-0.2, -0.15) is 0 Å². The lowest BCUT2D eigenvalue weighted by Crippen LogP contribution is -2.43. The molecule has 0 aliphatic rings. The van der Waals surface area contributed by atoms with Crippen molar-refractivity contribution < 1.29 is 28.2 Å². The number of benzene rings is 2. The number of hydrogen-bond acceptors (Lipinski definition) is 5. The Balaban J connectivity index is 1.93. The minimum atomic E-state index is -1.35. The zero-order valence-corrected chi connectivity index (χ0v) is 15.6. The third-order valence-electron chi connectivity index (χ3n) is 3.69. The normalized spacial score (nSPS) is 12.0. The molecule has 1 N–H and O–H groups in total. The number of halogens is 1. The molecule has 0 saturated heterocycles. The second-order valence-corrected chi connectivity index (χ2v) is 6.33. The molecular formula is C20H22FNO5. The van der Waals surface area contributed by atoms with E-state index in [2.05, 4.69) is 5.32 Å². The van der Waals surface area contributed by atoms with E-state index in [1.807, 2.05) is 0 Å². The monoisotopic (exact) mass is 375 g/mol. The van der Waals surface area contributed by atoms with Crippen LogP contribution in [0.3, 0.4) is 0 Å². The molecule has 1 atom stereocenters. The number of amides is 1. The van der Waals surface area contributed by atoms with Gasteiger partial charge in [0.2, 0.25) is 0 Å². The third kappa shape index (κ3) is 5.70. The molecule has 144 valence electrons. The number of carbonyl (C=O) groups is 2. The van der Waals surface area contributed by atoms with Crippen LogP contribution in [0.2, 0.25) is 0 Å². The van der Waals surface area contributed by atoms with Gasteiger partial charge in [0.1, 0.15) is 17.3 Å². The first-order valence-electron chi connectivity index (χ1n) is 8.32. The zero-order chi connectivity index (χ0) is 20.0. The summed E-state index contributed by atoms with van der Waals surface area (Å²) in [4.78, 5) is 24.6. The molecule has 0 fully saturated rings. The second kappa shape index (κ2) is 8.53. The molecule has 0 saturated carbocycles. The van der Waals surface area contributed by atoms with Crippen LogP contribution < -0.4 is 14.8 Å². The summed E-state index contributed by atoms with van der Waals surface area (Å²) in [6.07, 6.45) is -1.03. The van der Waals surface area contributed by atoms with Crippen molar-refractivity contribution in [3.05, 3.63) is 54.3 Å². The zero-order valence-electron chi connectivity index (χ0n) is 15.6. The van der Waals surface area contributed by atoms with Gasteiger partial charge in [-0.15, -0.1) is 0 Å². The van der Waals surface area contributed by atoms with Crippen molar-refractivity contribution >= 4 is 17.6 Å². The first kappa shape index (κ1) is 20.2. The summed E-state index contributed by atoms with van der Waals surface area (Å²) >= 11 is 0. The number of rotatable bonds is 7. The van der Waals surface area contributed by atoms with Crippen LogP contribution in [0.5, 0.6) is 11.5 Å². The van der Waals surface area contributed by atoms with E-state index in [1.165, 1.54) is 45.0 Å². The Kier molecular flexibility index (Phi) is 6.39. The number of esters is 1. The Morgan fingerprint density at radius 1 is 1.00 bits per heavy atom. The van der Waals surface area contributed by atoms with Crippen LogP contribution in [0.15, 0.2) is 48.5 Å². The highest BCUT2D eigenvalue weighted by Crippen LogP contribution is 2.21. The maximum atomic E-state index is 13.0. The van der Waals surface area contributed by atoms with Gasteiger partial charge in [0.25, 0.3) is 5.91 Å². The van der Waals surface area contributed by atoms with Gasteiger partial charge in [-0.05, 0) is 69.3 Å². The minimum Gasteiger partial charge on any atom is -0.497 e. The Labute approximate surface area is 157 Å². The molecule has 1 amide bonds. The molecule has 0 aliphatic carbocycles. The molecule has 0 bridgehead atoms. The molecule has 27 heavy (non-hydrogen) atoms. The van der Waals surface area contributed by atoms with Gasteiger partial charge in [-0.1, -0.05) is 0 Å². The number of nitrogens with one attached hydrogen (secondary N) is 1. The Morgan fingerprint density at radius 3 is 2.11 bits per heavy atom. The van der Waals surface area contributed by atoms with Crippen LogP contribution in [-0.4, -0.2) is 30.7 Å². The molecule has 0 aromatic heterocycles. The van der Waals surface area contributed by atoms with Crippen molar-refractivity contribution in [3.8, 4) is 11.5 Å². The van der Waals surface area contributed by atoms with Crippen LogP contribution in [-0.2, 0) is 14.3 Å². The average molecular weight is 375 g/mol. The van der Waals surface area contributed by atoms with Gasteiger partial charge >= 0.3 is 5.97 Å². The first-order chi connectivity index (χ1) is 12.7. The van der Waals surface area contributed by atoms with Crippen molar-refractivity contribution in [1.29, 1.82) is 0 Å². The maximum Gasteiger partial charge on any atom is 0.350 e. The molecule has 0 spiro atoms. The summed E-state index contributed by atoms with van der Waals surface area (Å²) in [6.45, 7) is 4.48. The maximum absolute atomic E-state index is 13.0. The summed E-state index contributed by atoms with van der Waals surface area (Å²) in [5, 5.41) is 2.65. The average Bonchev–Trinajstić information content (AvgIpc) is 2.64. The summed E-state index contributed by atoms with van der Waals surface area (Å²) in [7, 11) is 1.55. The molecule has 2 rings (SSSR count). The lowest BCUT2D eigenvalue weighted by molar-refractivity contribution is -0.166. The van der Waals surface area contributed by atoms with Crippen LogP contribution >= 0.6 is 0 Å². The highest BCUT2D eigenvalue weighted by molar-refractivity contribution is 5.95. The molecule has 2 aromatic carbocycles. The predicted molar refractivity (Wildman–Crippen MR) is 98.3 cm³/mol. The van der Waals surface area contributed by atoms with Gasteiger partial charge in [0, 0.05) is 5.69 Å². The number of ether oxygens (including phenoxy) is 3. The van der Waals surface area contributed by atoms with Crippen LogP contribution in [0, 0.1) is 5.82 Å². The largest absolute Gasteiger partial charge is 0.497 e. The minimum absolute atomic E-state index is 0.314. The molecule has 0 radical (unpaired) electrons. The fourth-order valence-corrected chi connectivity index (χ4v) is 2.11. The van der Waals surface area contributed by atoms with Crippen molar-refractivity contribution in [1.82, 2.24) is 0 Å². The van der Waals surface area contributed by atoms with E-state index >= 15 is 0 Å². The van der Waals surface area contributed by atoms with E-state index in [0.29, 0.717) is 17.2 Å². The first-order valence-corrected chi connectivity index (χ1v) is 8.32. The summed E-state index contributed by atoms with van der Waals surface area (Å²) in [5.74, 6) is -0.636. The lowest BCUT2D eigenvalue weighted by Gasteiger charge is -2.26. The number of methoxy groups -OCH3 is 1. The molecular weight excluding hydrogens is 353 g/mol. The van der Waals surface area contributed by atoms with E-state index in [0.717, 1.165) is 0 Å². The topological polar surface area (TPSA) is 73.9 Å². The SMILES string of the molecule is COc1ccc(NC(=O)[C@@H](C)OC(=O)C(C)(C)Oc2ccc(F)cc2)cc1. The van der Waals surface area contributed by atoms with E-state index < -0.39 is 29.4 Å². The van der Waals surface area contributed by atoms with Crippen molar-refractivity contribution in [2.75, 3.05) is 12.4 Å². The third-order valence-corrected chi connectivity index (χ3v) is 3.69. The Hall–Kier alpha value is -3.09. The van der Waals surface area contributed by atoms with E-state index in [9.17, 15) is 14.0 Å². The van der Waals surface area contributed by atoms with E-state index in [4.69, 9.17) is 14.2 Å². The Bertz CT molecular complexity index is 787. The quantitative estimate of drug-likeness (QED) is 0.749. The highest BCUT2D eigenvalue weighted by Gasteiger charge is 2.34. The van der Waals surface area contributed by atoms with Gasteiger partial charge in [-0.3, -0.25) is 4.79 Å². The molecule has 0 unspecified atom stereocenters.